The minimum Gasteiger partial charge on any atom is -0.378 e. The van der Waals surface area contributed by atoms with Gasteiger partial charge in [-0.1, -0.05) is 42.0 Å². The maximum absolute atomic E-state index is 12.5. The number of piperidine rings is 1. The van der Waals surface area contributed by atoms with Crippen LogP contribution < -0.4 is 0 Å². The highest BCUT2D eigenvalue weighted by Crippen LogP contribution is 2.33. The molecule has 124 valence electrons. The number of allylic oxidation sites excluding steroid dienone is 2. The minimum absolute atomic E-state index is 0.205. The van der Waals surface area contributed by atoms with Gasteiger partial charge in [0.1, 0.15) is 5.78 Å². The van der Waals surface area contributed by atoms with E-state index in [9.17, 15) is 4.79 Å². The SMILES string of the molecule is CC(C)=CCC(=O)C1CC2COCC(C1)N2Cc1ccccc1. The lowest BCUT2D eigenvalue weighted by Gasteiger charge is -2.48. The van der Waals surface area contributed by atoms with Gasteiger partial charge in [0.15, 0.2) is 0 Å². The summed E-state index contributed by atoms with van der Waals surface area (Å²) < 4.78 is 5.77. The van der Waals surface area contributed by atoms with Crippen LogP contribution in [0.3, 0.4) is 0 Å². The molecule has 23 heavy (non-hydrogen) atoms. The summed E-state index contributed by atoms with van der Waals surface area (Å²) in [5, 5.41) is 0. The number of ether oxygens (including phenoxy) is 1. The van der Waals surface area contributed by atoms with Crippen LogP contribution in [0.15, 0.2) is 42.0 Å². The van der Waals surface area contributed by atoms with Gasteiger partial charge in [-0.15, -0.1) is 0 Å². The predicted octanol–water partition coefficient (Wildman–Crippen LogP) is 3.59. The lowest BCUT2D eigenvalue weighted by Crippen LogP contribution is -2.57. The van der Waals surface area contributed by atoms with Crippen molar-refractivity contribution in [2.45, 2.75) is 51.7 Å². The highest BCUT2D eigenvalue weighted by molar-refractivity contribution is 5.82. The standard InChI is InChI=1S/C20H27NO2/c1-15(2)8-9-20(22)17-10-18-13-23-14-19(11-17)21(18)12-16-6-4-3-5-7-16/h3-8,17-19H,9-14H2,1-2H3. The fraction of sp³-hybridized carbons (Fsp3) is 0.550. The predicted molar refractivity (Wildman–Crippen MR) is 92.2 cm³/mol. The van der Waals surface area contributed by atoms with Crippen LogP contribution in [-0.2, 0) is 16.1 Å². The van der Waals surface area contributed by atoms with Crippen LogP contribution in [0.25, 0.3) is 0 Å². The average molecular weight is 313 g/mol. The van der Waals surface area contributed by atoms with Crippen molar-refractivity contribution in [3.63, 3.8) is 0 Å². The molecule has 0 radical (unpaired) electrons. The lowest BCUT2D eigenvalue weighted by molar-refractivity contribution is -0.132. The number of carbonyl (C=O) groups is 1. The van der Waals surface area contributed by atoms with Gasteiger partial charge < -0.3 is 4.74 Å². The summed E-state index contributed by atoms with van der Waals surface area (Å²) in [6.45, 7) is 6.59. The van der Waals surface area contributed by atoms with Gasteiger partial charge in [-0.2, -0.15) is 0 Å². The van der Waals surface area contributed by atoms with E-state index >= 15 is 0 Å². The Kier molecular flexibility index (Phi) is 5.29. The monoisotopic (exact) mass is 313 g/mol. The molecule has 0 N–H and O–H groups in total. The second kappa shape index (κ2) is 7.41. The molecule has 2 bridgehead atoms. The minimum atomic E-state index is 0.205. The van der Waals surface area contributed by atoms with Crippen molar-refractivity contribution in [1.29, 1.82) is 0 Å². The molecule has 2 atom stereocenters. The van der Waals surface area contributed by atoms with Crippen molar-refractivity contribution in [3.05, 3.63) is 47.5 Å². The van der Waals surface area contributed by atoms with Crippen LogP contribution in [0.1, 0.15) is 38.7 Å². The molecule has 1 aromatic rings. The van der Waals surface area contributed by atoms with E-state index in [1.165, 1.54) is 11.1 Å². The molecule has 2 heterocycles. The zero-order chi connectivity index (χ0) is 16.2. The third-order valence-corrected chi connectivity index (χ3v) is 5.05. The van der Waals surface area contributed by atoms with E-state index in [2.05, 4.69) is 55.2 Å². The van der Waals surface area contributed by atoms with Gasteiger partial charge in [0, 0.05) is 31.0 Å². The van der Waals surface area contributed by atoms with E-state index in [1.54, 1.807) is 0 Å². The zero-order valence-corrected chi connectivity index (χ0v) is 14.2. The average Bonchev–Trinajstić information content (AvgIpc) is 2.53. The number of nitrogens with zero attached hydrogens (tertiary/aromatic N) is 1. The summed E-state index contributed by atoms with van der Waals surface area (Å²) in [4.78, 5) is 15.1. The fourth-order valence-electron chi connectivity index (χ4n) is 3.78. The molecule has 0 amide bonds. The molecule has 2 aliphatic rings. The first-order valence-corrected chi connectivity index (χ1v) is 8.67. The Morgan fingerprint density at radius 1 is 1.17 bits per heavy atom. The molecular weight excluding hydrogens is 286 g/mol. The van der Waals surface area contributed by atoms with Crippen LogP contribution in [0.4, 0.5) is 0 Å². The van der Waals surface area contributed by atoms with Crippen LogP contribution in [0.5, 0.6) is 0 Å². The molecule has 3 rings (SSSR count). The molecular formula is C20H27NO2. The van der Waals surface area contributed by atoms with Crippen LogP contribution in [0, 0.1) is 5.92 Å². The Morgan fingerprint density at radius 2 is 1.83 bits per heavy atom. The lowest BCUT2D eigenvalue weighted by atomic mass is 9.81. The Labute approximate surface area is 139 Å². The molecule has 0 aliphatic carbocycles. The summed E-state index contributed by atoms with van der Waals surface area (Å²) in [6, 6.07) is 11.4. The van der Waals surface area contributed by atoms with Crippen molar-refractivity contribution < 1.29 is 9.53 Å². The van der Waals surface area contributed by atoms with E-state index in [-0.39, 0.29) is 5.92 Å². The Morgan fingerprint density at radius 3 is 2.43 bits per heavy atom. The Balaban J connectivity index is 1.66. The normalized spacial score (nSPS) is 27.5. The summed E-state index contributed by atoms with van der Waals surface area (Å²) in [5.41, 5.74) is 2.57. The molecule has 3 nitrogen and oxygen atoms in total. The van der Waals surface area contributed by atoms with Gasteiger partial charge >= 0.3 is 0 Å². The van der Waals surface area contributed by atoms with E-state index in [0.29, 0.717) is 24.3 Å². The number of morpholine rings is 1. The van der Waals surface area contributed by atoms with Gasteiger partial charge in [-0.25, -0.2) is 0 Å². The number of benzene rings is 1. The van der Waals surface area contributed by atoms with Gasteiger partial charge in [0.2, 0.25) is 0 Å². The maximum atomic E-state index is 12.5. The van der Waals surface area contributed by atoms with E-state index in [4.69, 9.17) is 4.74 Å². The van der Waals surface area contributed by atoms with Crippen LogP contribution >= 0.6 is 0 Å². The second-order valence-electron chi connectivity index (χ2n) is 7.12. The second-order valence-corrected chi connectivity index (χ2v) is 7.12. The van der Waals surface area contributed by atoms with Gasteiger partial charge in [-0.05, 0) is 32.3 Å². The van der Waals surface area contributed by atoms with E-state index in [0.717, 1.165) is 32.6 Å². The number of hydrogen-bond acceptors (Lipinski definition) is 3. The summed E-state index contributed by atoms with van der Waals surface area (Å²) in [5.74, 6) is 0.610. The first kappa shape index (κ1) is 16.4. The fourth-order valence-corrected chi connectivity index (χ4v) is 3.78. The van der Waals surface area contributed by atoms with E-state index in [1.807, 2.05) is 0 Å². The van der Waals surface area contributed by atoms with Crippen molar-refractivity contribution in [3.8, 4) is 0 Å². The van der Waals surface area contributed by atoms with Gasteiger partial charge in [-0.3, -0.25) is 9.69 Å². The van der Waals surface area contributed by atoms with E-state index < -0.39 is 0 Å². The zero-order valence-electron chi connectivity index (χ0n) is 14.2. The highest BCUT2D eigenvalue weighted by Gasteiger charge is 2.40. The maximum Gasteiger partial charge on any atom is 0.139 e. The molecule has 1 aromatic carbocycles. The number of rotatable bonds is 5. The summed E-state index contributed by atoms with van der Waals surface area (Å²) in [7, 11) is 0. The smallest absolute Gasteiger partial charge is 0.139 e. The number of fused-ring (bicyclic) bond motifs is 2. The van der Waals surface area contributed by atoms with Crippen LogP contribution in [0.2, 0.25) is 0 Å². The first-order chi connectivity index (χ1) is 11.1. The number of Topliss-reactive ketones (excluding diaryl/α,β-unsaturated/α-hetero) is 1. The van der Waals surface area contributed by atoms with Crippen molar-refractivity contribution in [2.75, 3.05) is 13.2 Å². The van der Waals surface area contributed by atoms with Gasteiger partial charge in [0.05, 0.1) is 13.2 Å². The highest BCUT2D eigenvalue weighted by atomic mass is 16.5. The molecule has 0 aromatic heterocycles. The largest absolute Gasteiger partial charge is 0.378 e. The Bertz CT molecular complexity index is 548. The van der Waals surface area contributed by atoms with Crippen molar-refractivity contribution in [2.24, 2.45) is 5.92 Å². The molecule has 2 fully saturated rings. The summed E-state index contributed by atoms with van der Waals surface area (Å²) >= 11 is 0. The molecule has 0 saturated carbocycles. The molecule has 2 saturated heterocycles. The van der Waals surface area contributed by atoms with Crippen LogP contribution in [-0.4, -0.2) is 36.0 Å². The third-order valence-electron chi connectivity index (χ3n) is 5.05. The topological polar surface area (TPSA) is 29.5 Å². The van der Waals surface area contributed by atoms with Gasteiger partial charge in [0.25, 0.3) is 0 Å². The number of carbonyl (C=O) groups excluding carboxylic acids is 1. The van der Waals surface area contributed by atoms with Crippen molar-refractivity contribution >= 4 is 5.78 Å². The van der Waals surface area contributed by atoms with Crippen molar-refractivity contribution in [1.82, 2.24) is 4.90 Å². The third kappa shape index (κ3) is 4.10. The molecule has 2 unspecified atom stereocenters. The number of ketones is 1. The number of hydrogen-bond donors (Lipinski definition) is 0. The Hall–Kier alpha value is -1.45. The first-order valence-electron chi connectivity index (χ1n) is 8.67. The quantitative estimate of drug-likeness (QED) is 0.778. The molecule has 2 aliphatic heterocycles. The molecule has 3 heteroatoms. The summed E-state index contributed by atoms with van der Waals surface area (Å²) in [6.07, 6.45) is 4.54. The molecule has 0 spiro atoms.